The highest BCUT2D eigenvalue weighted by atomic mass is 16.6. The van der Waals surface area contributed by atoms with Crippen molar-refractivity contribution >= 4 is 17.3 Å². The molecule has 0 saturated carbocycles. The highest BCUT2D eigenvalue weighted by Crippen LogP contribution is 2.36. The second-order valence-electron chi connectivity index (χ2n) is 5.25. The van der Waals surface area contributed by atoms with Gasteiger partial charge in [0.15, 0.2) is 0 Å². The summed E-state index contributed by atoms with van der Waals surface area (Å²) >= 11 is 0. The molecule has 0 heterocycles. The lowest BCUT2D eigenvalue weighted by molar-refractivity contribution is -0.385. The van der Waals surface area contributed by atoms with Gasteiger partial charge < -0.3 is 5.32 Å². The Bertz CT molecular complexity index is 478. The zero-order valence-corrected chi connectivity index (χ0v) is 12.0. The molecular formula is C14H20N2O3. The molecule has 1 N–H and O–H groups in total. The molecule has 1 rings (SSSR count). The predicted octanol–water partition coefficient (Wildman–Crippen LogP) is 3.80. The van der Waals surface area contributed by atoms with Crippen molar-refractivity contribution < 1.29 is 9.72 Å². The van der Waals surface area contributed by atoms with Crippen molar-refractivity contribution in [1.82, 2.24) is 0 Å². The lowest BCUT2D eigenvalue weighted by atomic mass is 9.91. The Morgan fingerprint density at radius 1 is 1.16 bits per heavy atom. The van der Waals surface area contributed by atoms with Gasteiger partial charge in [0, 0.05) is 24.7 Å². The maximum Gasteiger partial charge on any atom is 0.270 e. The summed E-state index contributed by atoms with van der Waals surface area (Å²) in [4.78, 5) is 21.9. The van der Waals surface area contributed by atoms with Gasteiger partial charge in [-0.15, -0.1) is 0 Å². The summed E-state index contributed by atoms with van der Waals surface area (Å²) < 4.78 is 0. The first kappa shape index (κ1) is 15.1. The van der Waals surface area contributed by atoms with Crippen molar-refractivity contribution in [2.75, 3.05) is 5.32 Å². The van der Waals surface area contributed by atoms with Crippen LogP contribution in [0.1, 0.15) is 57.6 Å². The minimum Gasteiger partial charge on any atom is -0.326 e. The van der Waals surface area contributed by atoms with E-state index in [1.54, 1.807) is 12.1 Å². The first-order valence-corrected chi connectivity index (χ1v) is 6.33. The Labute approximate surface area is 113 Å². The average molecular weight is 264 g/mol. The number of carbonyl (C=O) groups is 1. The number of hydrogen-bond acceptors (Lipinski definition) is 3. The highest BCUT2D eigenvalue weighted by molar-refractivity contribution is 5.91. The first-order valence-electron chi connectivity index (χ1n) is 6.33. The van der Waals surface area contributed by atoms with E-state index in [4.69, 9.17) is 0 Å². The maximum atomic E-state index is 11.3. The van der Waals surface area contributed by atoms with Crippen LogP contribution in [0.25, 0.3) is 0 Å². The topological polar surface area (TPSA) is 72.2 Å². The van der Waals surface area contributed by atoms with Crippen LogP contribution in [0.4, 0.5) is 11.4 Å². The van der Waals surface area contributed by atoms with Crippen LogP contribution in [0, 0.1) is 10.1 Å². The molecule has 5 heteroatoms. The fourth-order valence-corrected chi connectivity index (χ4v) is 2.01. The molecule has 0 aliphatic carbocycles. The molecule has 0 saturated heterocycles. The van der Waals surface area contributed by atoms with E-state index in [9.17, 15) is 14.9 Å². The van der Waals surface area contributed by atoms with Gasteiger partial charge in [-0.2, -0.15) is 0 Å². The molecule has 0 spiro atoms. The highest BCUT2D eigenvalue weighted by Gasteiger charge is 2.20. The molecule has 1 amide bonds. The van der Waals surface area contributed by atoms with E-state index in [1.165, 1.54) is 6.92 Å². The zero-order valence-electron chi connectivity index (χ0n) is 12.0. The van der Waals surface area contributed by atoms with Gasteiger partial charge in [-0.1, -0.05) is 27.7 Å². The van der Waals surface area contributed by atoms with E-state index in [2.05, 4.69) is 5.32 Å². The predicted molar refractivity (Wildman–Crippen MR) is 75.6 cm³/mol. The van der Waals surface area contributed by atoms with Gasteiger partial charge >= 0.3 is 0 Å². The molecule has 5 nitrogen and oxygen atoms in total. The number of rotatable bonds is 4. The van der Waals surface area contributed by atoms with Gasteiger partial charge in [0.05, 0.1) is 4.92 Å². The number of nitrogens with zero attached hydrogens (tertiary/aromatic N) is 1. The third-order valence-corrected chi connectivity index (χ3v) is 2.94. The molecule has 0 unspecified atom stereocenters. The fourth-order valence-electron chi connectivity index (χ4n) is 2.01. The minimum absolute atomic E-state index is 0.0708. The number of non-ortho nitro benzene ring substituents is 1. The van der Waals surface area contributed by atoms with Crippen LogP contribution in [-0.2, 0) is 4.79 Å². The van der Waals surface area contributed by atoms with Gasteiger partial charge in [0.2, 0.25) is 5.91 Å². The summed E-state index contributed by atoms with van der Waals surface area (Å²) in [6.45, 7) is 9.25. The number of nitro groups is 1. The molecule has 1 aromatic carbocycles. The lowest BCUT2D eigenvalue weighted by Gasteiger charge is -2.19. The van der Waals surface area contributed by atoms with Crippen LogP contribution in [0.5, 0.6) is 0 Å². The molecule has 0 aliphatic rings. The normalized spacial score (nSPS) is 10.9. The minimum atomic E-state index is -0.394. The van der Waals surface area contributed by atoms with Crippen LogP contribution >= 0.6 is 0 Å². The summed E-state index contributed by atoms with van der Waals surface area (Å²) in [6, 6.07) is 3.09. The van der Waals surface area contributed by atoms with Gasteiger partial charge in [-0.3, -0.25) is 14.9 Å². The molecular weight excluding hydrogens is 244 g/mol. The molecule has 0 aromatic heterocycles. The largest absolute Gasteiger partial charge is 0.326 e. The number of benzene rings is 1. The van der Waals surface area contributed by atoms with E-state index in [0.717, 1.165) is 11.1 Å². The molecule has 104 valence electrons. The summed E-state index contributed by atoms with van der Waals surface area (Å²) in [7, 11) is 0. The standard InChI is InChI=1S/C14H20N2O3/c1-8(2)12-6-11(16(18)19)7-13(9(3)4)14(12)15-10(5)17/h6-9H,1-5H3,(H,15,17). The van der Waals surface area contributed by atoms with Crippen LogP contribution in [-0.4, -0.2) is 10.8 Å². The molecule has 19 heavy (non-hydrogen) atoms. The van der Waals surface area contributed by atoms with Gasteiger partial charge in [0.25, 0.3) is 5.69 Å². The summed E-state index contributed by atoms with van der Waals surface area (Å²) in [5.74, 6) is 0.0242. The maximum absolute atomic E-state index is 11.3. The SMILES string of the molecule is CC(=O)Nc1c(C(C)C)cc([N+](=O)[O-])cc1C(C)C. The molecule has 0 aliphatic heterocycles. The Kier molecular flexibility index (Phi) is 4.64. The van der Waals surface area contributed by atoms with Crippen LogP contribution in [0.15, 0.2) is 12.1 Å². The summed E-state index contributed by atoms with van der Waals surface area (Å²) in [6.07, 6.45) is 0. The lowest BCUT2D eigenvalue weighted by Crippen LogP contribution is -2.12. The fraction of sp³-hybridized carbons (Fsp3) is 0.500. The molecule has 0 bridgehead atoms. The number of carbonyl (C=O) groups excluding carboxylic acids is 1. The van der Waals surface area contributed by atoms with Gasteiger partial charge in [-0.25, -0.2) is 0 Å². The van der Waals surface area contributed by atoms with E-state index >= 15 is 0 Å². The molecule has 0 fully saturated rings. The second-order valence-corrected chi connectivity index (χ2v) is 5.25. The van der Waals surface area contributed by atoms with Gasteiger partial charge in [0.1, 0.15) is 0 Å². The quantitative estimate of drug-likeness (QED) is 0.664. The van der Waals surface area contributed by atoms with Crippen molar-refractivity contribution in [3.8, 4) is 0 Å². The van der Waals surface area contributed by atoms with Crippen LogP contribution < -0.4 is 5.32 Å². The first-order chi connectivity index (χ1) is 8.73. The number of amides is 1. The van der Waals surface area contributed by atoms with Gasteiger partial charge in [-0.05, 0) is 23.0 Å². The Morgan fingerprint density at radius 2 is 1.58 bits per heavy atom. The Balaban J connectivity index is 3.55. The van der Waals surface area contributed by atoms with Crippen LogP contribution in [0.2, 0.25) is 0 Å². The molecule has 1 aromatic rings. The Hall–Kier alpha value is -1.91. The van der Waals surface area contributed by atoms with E-state index < -0.39 is 4.92 Å². The smallest absolute Gasteiger partial charge is 0.270 e. The van der Waals surface area contributed by atoms with Crippen molar-refractivity contribution in [2.45, 2.75) is 46.5 Å². The third-order valence-electron chi connectivity index (χ3n) is 2.94. The average Bonchev–Trinajstić information content (AvgIpc) is 2.27. The zero-order chi connectivity index (χ0) is 14.7. The summed E-state index contributed by atoms with van der Waals surface area (Å²) in [5.41, 5.74) is 2.38. The van der Waals surface area contributed by atoms with E-state index in [1.807, 2.05) is 27.7 Å². The van der Waals surface area contributed by atoms with Crippen molar-refractivity contribution in [3.05, 3.63) is 33.4 Å². The number of anilines is 1. The number of nitrogens with one attached hydrogen (secondary N) is 1. The third kappa shape index (κ3) is 3.53. The monoisotopic (exact) mass is 264 g/mol. The van der Waals surface area contributed by atoms with Crippen molar-refractivity contribution in [1.29, 1.82) is 0 Å². The second kappa shape index (κ2) is 5.82. The van der Waals surface area contributed by atoms with Crippen molar-refractivity contribution in [2.24, 2.45) is 0 Å². The van der Waals surface area contributed by atoms with Crippen molar-refractivity contribution in [3.63, 3.8) is 0 Å². The Morgan fingerprint density at radius 3 is 1.84 bits per heavy atom. The van der Waals surface area contributed by atoms with Crippen LogP contribution in [0.3, 0.4) is 0 Å². The summed E-state index contributed by atoms with van der Waals surface area (Å²) in [5, 5.41) is 13.8. The van der Waals surface area contributed by atoms with E-state index in [-0.39, 0.29) is 23.4 Å². The number of nitro benzene ring substituents is 1. The molecule has 0 atom stereocenters. The number of hydrogen-bond donors (Lipinski definition) is 1. The van der Waals surface area contributed by atoms with E-state index in [0.29, 0.717) is 5.69 Å². The molecule has 0 radical (unpaired) electrons.